The number of alkyl halides is 6. The van der Waals surface area contributed by atoms with E-state index in [1.54, 1.807) is 0 Å². The lowest BCUT2D eigenvalue weighted by Gasteiger charge is -2.22. The second-order valence-electron chi connectivity index (χ2n) is 9.48. The van der Waals surface area contributed by atoms with Crippen molar-refractivity contribution in [2.75, 3.05) is 6.61 Å². The Labute approximate surface area is 211 Å². The van der Waals surface area contributed by atoms with Crippen LogP contribution in [0.2, 0.25) is 0 Å². The molecule has 2 aromatic carbocycles. The quantitative estimate of drug-likeness (QED) is 0.340. The molecule has 1 radical (unpaired) electrons. The van der Waals surface area contributed by atoms with Crippen LogP contribution in [0.5, 0.6) is 0 Å². The molecule has 4 nitrogen and oxygen atoms in total. The number of nitrogens with zero attached hydrogens (tertiary/aromatic N) is 2. The van der Waals surface area contributed by atoms with Crippen LogP contribution in [0.15, 0.2) is 58.5 Å². The van der Waals surface area contributed by atoms with Crippen LogP contribution < -0.4 is 0 Å². The Kier molecular flexibility index (Phi) is 7.85. The van der Waals surface area contributed by atoms with Crippen LogP contribution >= 0.6 is 0 Å². The van der Waals surface area contributed by atoms with Gasteiger partial charge in [-0.2, -0.15) is 26.3 Å². The first-order valence-corrected chi connectivity index (χ1v) is 12.1. The van der Waals surface area contributed by atoms with Gasteiger partial charge in [-0.1, -0.05) is 38.1 Å². The van der Waals surface area contributed by atoms with Crippen molar-refractivity contribution in [1.82, 2.24) is 0 Å². The predicted molar refractivity (Wildman–Crippen MR) is 127 cm³/mol. The Morgan fingerprint density at radius 1 is 0.892 bits per heavy atom. The molecule has 2 aromatic rings. The molecule has 5 unspecified atom stereocenters. The molecular weight excluding hydrogens is 498 g/mol. The van der Waals surface area contributed by atoms with E-state index in [2.05, 4.69) is 16.4 Å². The highest BCUT2D eigenvalue weighted by molar-refractivity contribution is 5.85. The molecule has 0 fully saturated rings. The summed E-state index contributed by atoms with van der Waals surface area (Å²) in [4.78, 5) is 8.94. The molecule has 0 amide bonds. The molecule has 0 saturated carbocycles. The Hall–Kier alpha value is -3.04. The maximum absolute atomic E-state index is 12.9. The van der Waals surface area contributed by atoms with E-state index in [4.69, 9.17) is 9.47 Å². The van der Waals surface area contributed by atoms with Crippen LogP contribution in [-0.4, -0.2) is 37.1 Å². The van der Waals surface area contributed by atoms with Crippen molar-refractivity contribution >= 4 is 12.3 Å². The summed E-state index contributed by atoms with van der Waals surface area (Å²) in [6.45, 7) is 4.21. The van der Waals surface area contributed by atoms with Crippen LogP contribution in [-0.2, 0) is 21.8 Å². The summed E-state index contributed by atoms with van der Waals surface area (Å²) < 4.78 is 88.6. The average molecular weight is 526 g/mol. The minimum Gasteiger partial charge on any atom is -0.476 e. The second-order valence-corrected chi connectivity index (χ2v) is 9.48. The first-order chi connectivity index (χ1) is 17.5. The van der Waals surface area contributed by atoms with E-state index in [0.29, 0.717) is 31.8 Å². The monoisotopic (exact) mass is 525 g/mol. The van der Waals surface area contributed by atoms with E-state index in [0.717, 1.165) is 35.4 Å². The number of halogens is 6. The fourth-order valence-electron chi connectivity index (χ4n) is 4.72. The lowest BCUT2D eigenvalue weighted by molar-refractivity contribution is -0.138. The Morgan fingerprint density at radius 3 is 2.00 bits per heavy atom. The molecule has 199 valence electrons. The first-order valence-electron chi connectivity index (χ1n) is 12.1. The SMILES string of the molecule is CCC(CC1N=[C]OC1C1=NC(CC(C)c2ccc(C(F)(F)F)cc2)CO1)c1ccc(C(F)(F)F)cc1. The third kappa shape index (κ3) is 6.45. The normalized spacial score (nSPS) is 23.4. The van der Waals surface area contributed by atoms with Crippen molar-refractivity contribution in [2.24, 2.45) is 9.98 Å². The number of aliphatic imine (C=N–C) groups is 2. The summed E-state index contributed by atoms with van der Waals surface area (Å²) in [5.74, 6) is 0.316. The number of rotatable bonds is 8. The Bertz CT molecular complexity index is 1110. The van der Waals surface area contributed by atoms with E-state index < -0.39 is 29.6 Å². The third-order valence-electron chi connectivity index (χ3n) is 6.89. The van der Waals surface area contributed by atoms with Gasteiger partial charge in [0.1, 0.15) is 12.6 Å². The lowest BCUT2D eigenvalue weighted by atomic mass is 9.88. The maximum Gasteiger partial charge on any atom is 0.416 e. The molecule has 0 bridgehead atoms. The highest BCUT2D eigenvalue weighted by Gasteiger charge is 2.38. The summed E-state index contributed by atoms with van der Waals surface area (Å²) in [5, 5.41) is 0. The Morgan fingerprint density at radius 2 is 1.46 bits per heavy atom. The summed E-state index contributed by atoms with van der Waals surface area (Å²) in [6, 6.07) is 9.76. The smallest absolute Gasteiger partial charge is 0.416 e. The van der Waals surface area contributed by atoms with Crippen LogP contribution in [0.3, 0.4) is 0 Å². The summed E-state index contributed by atoms with van der Waals surface area (Å²) in [7, 11) is 0. The van der Waals surface area contributed by atoms with Gasteiger partial charge in [0.2, 0.25) is 5.90 Å². The molecule has 37 heavy (non-hydrogen) atoms. The second kappa shape index (κ2) is 10.8. The van der Waals surface area contributed by atoms with Gasteiger partial charge in [0.15, 0.2) is 6.10 Å². The van der Waals surface area contributed by atoms with Gasteiger partial charge in [0.05, 0.1) is 17.2 Å². The molecule has 0 N–H and O–H groups in total. The predicted octanol–water partition coefficient (Wildman–Crippen LogP) is 7.27. The molecule has 0 aromatic heterocycles. The van der Waals surface area contributed by atoms with E-state index in [-0.39, 0.29) is 23.9 Å². The zero-order chi connectivity index (χ0) is 26.8. The van der Waals surface area contributed by atoms with Gasteiger partial charge >= 0.3 is 12.4 Å². The summed E-state index contributed by atoms with van der Waals surface area (Å²) in [5.41, 5.74) is 0.194. The molecule has 2 heterocycles. The summed E-state index contributed by atoms with van der Waals surface area (Å²) in [6.07, 6.45) is -5.00. The standard InChI is InChI=1S/C27H27F6N2O2/c1-3-17(19-6-10-21(11-7-19)27(31,32)33)13-23-24(37-15-34-23)25-35-22(14-36-25)12-16(2)18-4-8-20(9-5-18)26(28,29)30/h4-11,16-17,22-24H,3,12-14H2,1-2H3. The van der Waals surface area contributed by atoms with Crippen molar-refractivity contribution < 1.29 is 35.8 Å². The van der Waals surface area contributed by atoms with E-state index in [1.807, 2.05) is 13.8 Å². The van der Waals surface area contributed by atoms with Crippen LogP contribution in [0.1, 0.15) is 67.2 Å². The van der Waals surface area contributed by atoms with Gasteiger partial charge in [0.25, 0.3) is 6.40 Å². The van der Waals surface area contributed by atoms with Gasteiger partial charge in [-0.15, -0.1) is 0 Å². The van der Waals surface area contributed by atoms with Crippen LogP contribution in [0.25, 0.3) is 0 Å². The maximum atomic E-state index is 12.9. The molecule has 0 saturated heterocycles. The number of ether oxygens (including phenoxy) is 2. The minimum absolute atomic E-state index is 0.0359. The van der Waals surface area contributed by atoms with Crippen molar-refractivity contribution in [1.29, 1.82) is 0 Å². The zero-order valence-corrected chi connectivity index (χ0v) is 20.3. The molecule has 0 spiro atoms. The van der Waals surface area contributed by atoms with Crippen molar-refractivity contribution in [3.05, 3.63) is 70.8 Å². The topological polar surface area (TPSA) is 43.2 Å². The third-order valence-corrected chi connectivity index (χ3v) is 6.89. The Balaban J connectivity index is 1.38. The fourth-order valence-corrected chi connectivity index (χ4v) is 4.72. The number of hydrogen-bond donors (Lipinski definition) is 0. The van der Waals surface area contributed by atoms with Crippen molar-refractivity contribution in [3.63, 3.8) is 0 Å². The molecule has 4 rings (SSSR count). The fraction of sp³-hybridized carbons (Fsp3) is 0.481. The first kappa shape index (κ1) is 27.0. The van der Waals surface area contributed by atoms with E-state index in [9.17, 15) is 26.3 Å². The van der Waals surface area contributed by atoms with Gasteiger partial charge in [-0.05, 0) is 66.5 Å². The van der Waals surface area contributed by atoms with Gasteiger partial charge in [-0.3, -0.25) is 0 Å². The van der Waals surface area contributed by atoms with Crippen molar-refractivity contribution in [3.8, 4) is 0 Å². The highest BCUT2D eigenvalue weighted by atomic mass is 19.4. The molecule has 10 heteroatoms. The molecule has 5 atom stereocenters. The van der Waals surface area contributed by atoms with E-state index >= 15 is 0 Å². The van der Waals surface area contributed by atoms with Gasteiger partial charge < -0.3 is 9.47 Å². The number of benzene rings is 2. The molecule has 2 aliphatic heterocycles. The number of hydrogen-bond acceptors (Lipinski definition) is 4. The van der Waals surface area contributed by atoms with Crippen LogP contribution in [0.4, 0.5) is 26.3 Å². The van der Waals surface area contributed by atoms with Crippen molar-refractivity contribution in [2.45, 2.75) is 75.5 Å². The molecule has 2 aliphatic rings. The average Bonchev–Trinajstić information content (AvgIpc) is 3.50. The van der Waals surface area contributed by atoms with E-state index in [1.165, 1.54) is 24.3 Å². The largest absolute Gasteiger partial charge is 0.476 e. The zero-order valence-electron chi connectivity index (χ0n) is 20.3. The minimum atomic E-state index is -4.39. The molecule has 0 aliphatic carbocycles. The van der Waals surface area contributed by atoms with Gasteiger partial charge in [-0.25, -0.2) is 9.98 Å². The van der Waals surface area contributed by atoms with Crippen LogP contribution in [0, 0.1) is 0 Å². The highest BCUT2D eigenvalue weighted by Crippen LogP contribution is 2.35. The van der Waals surface area contributed by atoms with Gasteiger partial charge in [0, 0.05) is 0 Å². The summed E-state index contributed by atoms with van der Waals surface area (Å²) >= 11 is 0. The molecular formula is C27H27F6N2O2. The lowest BCUT2D eigenvalue weighted by Crippen LogP contribution is -2.32.